The molecule has 0 saturated carbocycles. The lowest BCUT2D eigenvalue weighted by Crippen LogP contribution is -3.13. The summed E-state index contributed by atoms with van der Waals surface area (Å²) in [6.07, 6.45) is 0. The van der Waals surface area contributed by atoms with Gasteiger partial charge in [-0.25, -0.2) is 8.42 Å². The van der Waals surface area contributed by atoms with E-state index in [0.29, 0.717) is 49.4 Å². The van der Waals surface area contributed by atoms with Gasteiger partial charge in [0.2, 0.25) is 10.0 Å². The van der Waals surface area contributed by atoms with Gasteiger partial charge in [-0.2, -0.15) is 4.31 Å². The number of furan rings is 1. The van der Waals surface area contributed by atoms with Gasteiger partial charge in [-0.05, 0) is 32.0 Å². The average molecular weight is 403 g/mol. The topological polar surface area (TPSA) is 93.9 Å². The molecule has 0 radical (unpaired) electrons. The second-order valence-electron chi connectivity index (χ2n) is 6.97. The summed E-state index contributed by atoms with van der Waals surface area (Å²) in [6.45, 7) is 6.62. The van der Waals surface area contributed by atoms with Crippen LogP contribution < -0.4 is 4.90 Å². The van der Waals surface area contributed by atoms with Gasteiger partial charge in [0.25, 0.3) is 11.8 Å². The zero-order valence-electron chi connectivity index (χ0n) is 15.9. The van der Waals surface area contributed by atoms with Crippen LogP contribution >= 0.6 is 0 Å². The average Bonchev–Trinajstić information content (AvgIpc) is 3.28. The number of hydrogen-bond donors (Lipinski definition) is 1. The van der Waals surface area contributed by atoms with Crippen molar-refractivity contribution in [3.63, 3.8) is 0 Å². The quantitative estimate of drug-likeness (QED) is 0.684. The Bertz CT molecular complexity index is 1050. The van der Waals surface area contributed by atoms with Crippen molar-refractivity contribution in [3.05, 3.63) is 53.8 Å². The number of benzene rings is 1. The second-order valence-corrected chi connectivity index (χ2v) is 8.91. The van der Waals surface area contributed by atoms with E-state index in [9.17, 15) is 8.42 Å². The minimum absolute atomic E-state index is 0.339. The first-order chi connectivity index (χ1) is 13.4. The van der Waals surface area contributed by atoms with Gasteiger partial charge in [0.15, 0.2) is 6.54 Å². The predicted molar refractivity (Wildman–Crippen MR) is 101 cm³/mol. The molecule has 148 valence electrons. The van der Waals surface area contributed by atoms with Crippen LogP contribution in [0.3, 0.4) is 0 Å². The molecule has 1 fully saturated rings. The molecule has 1 aliphatic heterocycles. The van der Waals surface area contributed by atoms with Crippen LogP contribution in [0, 0.1) is 13.8 Å². The van der Waals surface area contributed by atoms with Crippen molar-refractivity contribution in [3.8, 4) is 11.5 Å². The Hall–Kier alpha value is -2.49. The van der Waals surface area contributed by atoms with E-state index >= 15 is 0 Å². The van der Waals surface area contributed by atoms with Crippen LogP contribution in [0.4, 0.5) is 0 Å². The summed E-state index contributed by atoms with van der Waals surface area (Å²) in [7, 11) is -3.43. The Morgan fingerprint density at radius 3 is 2.43 bits per heavy atom. The Labute approximate surface area is 163 Å². The monoisotopic (exact) mass is 403 g/mol. The molecule has 1 aliphatic rings. The molecule has 0 amide bonds. The van der Waals surface area contributed by atoms with Crippen molar-refractivity contribution in [2.75, 3.05) is 26.2 Å². The van der Waals surface area contributed by atoms with E-state index in [1.807, 2.05) is 26.0 Å². The van der Waals surface area contributed by atoms with E-state index in [1.54, 1.807) is 28.6 Å². The van der Waals surface area contributed by atoms with Crippen molar-refractivity contribution in [2.45, 2.75) is 25.3 Å². The predicted octanol–water partition coefficient (Wildman–Crippen LogP) is 1.04. The van der Waals surface area contributed by atoms with E-state index in [1.165, 1.54) is 4.90 Å². The summed E-state index contributed by atoms with van der Waals surface area (Å²) in [5, 5.41) is 8.27. The van der Waals surface area contributed by atoms with E-state index in [2.05, 4.69) is 10.2 Å². The molecule has 0 aliphatic carbocycles. The fraction of sp³-hybridized carbons (Fsp3) is 0.368. The van der Waals surface area contributed by atoms with Gasteiger partial charge in [-0.15, -0.1) is 10.2 Å². The van der Waals surface area contributed by atoms with E-state index < -0.39 is 10.0 Å². The highest BCUT2D eigenvalue weighted by Gasteiger charge is 2.31. The van der Waals surface area contributed by atoms with E-state index in [-0.39, 0.29) is 0 Å². The third-order valence-electron chi connectivity index (χ3n) is 4.95. The molecule has 0 unspecified atom stereocenters. The molecule has 3 heterocycles. The standard InChI is InChI=1S/C19H22N4O4S/c1-14-12-17(15(2)26-14)19-21-20-18(27-19)13-22-8-10-23(11-9-22)28(24,25)16-6-4-3-5-7-16/h3-7,12H,8-11,13H2,1-2H3/p+1. The Balaban J connectivity index is 1.38. The highest BCUT2D eigenvalue weighted by molar-refractivity contribution is 7.89. The number of rotatable bonds is 5. The molecule has 1 N–H and O–H groups in total. The molecule has 2 aromatic heterocycles. The summed E-state index contributed by atoms with van der Waals surface area (Å²) >= 11 is 0. The van der Waals surface area contributed by atoms with Gasteiger partial charge < -0.3 is 13.7 Å². The molecule has 3 aromatic rings. The number of quaternary nitrogens is 1. The summed E-state index contributed by atoms with van der Waals surface area (Å²) in [5.74, 6) is 2.55. The lowest BCUT2D eigenvalue weighted by molar-refractivity contribution is -0.918. The molecule has 4 rings (SSSR count). The Morgan fingerprint density at radius 1 is 1.07 bits per heavy atom. The van der Waals surface area contributed by atoms with Crippen LogP contribution in [-0.2, 0) is 16.6 Å². The first kappa shape index (κ1) is 18.9. The number of piperazine rings is 1. The molecule has 1 aromatic carbocycles. The SMILES string of the molecule is Cc1cc(-c2nnc(C[NH+]3CCN(S(=O)(=O)c4ccccc4)CC3)o2)c(C)o1. The molecule has 28 heavy (non-hydrogen) atoms. The lowest BCUT2D eigenvalue weighted by Gasteiger charge is -2.30. The number of hydrogen-bond acceptors (Lipinski definition) is 6. The zero-order valence-corrected chi connectivity index (χ0v) is 16.7. The maximum atomic E-state index is 12.7. The Morgan fingerprint density at radius 2 is 1.79 bits per heavy atom. The minimum atomic E-state index is -3.43. The first-order valence-electron chi connectivity index (χ1n) is 9.22. The minimum Gasteiger partial charge on any atom is -0.466 e. The maximum absolute atomic E-state index is 12.7. The van der Waals surface area contributed by atoms with E-state index in [4.69, 9.17) is 8.83 Å². The molecule has 0 bridgehead atoms. The molecular formula is C19H23N4O4S+. The number of aromatic nitrogens is 2. The van der Waals surface area contributed by atoms with Gasteiger partial charge in [0.05, 0.1) is 36.6 Å². The van der Waals surface area contributed by atoms with Gasteiger partial charge >= 0.3 is 0 Å². The van der Waals surface area contributed by atoms with Gasteiger partial charge in [-0.1, -0.05) is 18.2 Å². The maximum Gasteiger partial charge on any atom is 0.271 e. The van der Waals surface area contributed by atoms with Crippen molar-refractivity contribution >= 4 is 10.0 Å². The third-order valence-corrected chi connectivity index (χ3v) is 6.86. The fourth-order valence-corrected chi connectivity index (χ4v) is 4.91. The summed E-state index contributed by atoms with van der Waals surface area (Å²) in [5.41, 5.74) is 0.810. The summed E-state index contributed by atoms with van der Waals surface area (Å²) in [4.78, 5) is 1.56. The van der Waals surface area contributed by atoms with Crippen molar-refractivity contribution in [2.24, 2.45) is 0 Å². The summed E-state index contributed by atoms with van der Waals surface area (Å²) < 4.78 is 38.3. The van der Waals surface area contributed by atoms with Gasteiger partial charge in [0.1, 0.15) is 11.5 Å². The highest BCUT2D eigenvalue weighted by Crippen LogP contribution is 2.25. The number of nitrogens with one attached hydrogen (secondary N) is 1. The van der Waals surface area contributed by atoms with Gasteiger partial charge in [0, 0.05) is 0 Å². The largest absolute Gasteiger partial charge is 0.466 e. The number of aryl methyl sites for hydroxylation is 2. The normalized spacial score (nSPS) is 16.5. The van der Waals surface area contributed by atoms with Crippen molar-refractivity contribution in [1.82, 2.24) is 14.5 Å². The van der Waals surface area contributed by atoms with Crippen LogP contribution in [0.5, 0.6) is 0 Å². The number of sulfonamides is 1. The fourth-order valence-electron chi connectivity index (χ4n) is 3.45. The van der Waals surface area contributed by atoms with Crippen molar-refractivity contribution < 1.29 is 22.2 Å². The van der Waals surface area contributed by atoms with Crippen molar-refractivity contribution in [1.29, 1.82) is 0 Å². The van der Waals surface area contributed by atoms with Crippen LogP contribution in [0.1, 0.15) is 17.4 Å². The first-order valence-corrected chi connectivity index (χ1v) is 10.7. The Kier molecular flexibility index (Phi) is 5.05. The molecule has 9 heteroatoms. The van der Waals surface area contributed by atoms with Gasteiger partial charge in [-0.3, -0.25) is 0 Å². The second kappa shape index (κ2) is 7.50. The summed E-state index contributed by atoms with van der Waals surface area (Å²) in [6, 6.07) is 10.4. The van der Waals surface area contributed by atoms with Crippen LogP contribution in [0.25, 0.3) is 11.5 Å². The molecule has 1 saturated heterocycles. The van der Waals surface area contributed by atoms with E-state index in [0.717, 1.165) is 17.1 Å². The highest BCUT2D eigenvalue weighted by atomic mass is 32.2. The van der Waals surface area contributed by atoms with Crippen LogP contribution in [0.2, 0.25) is 0 Å². The van der Waals surface area contributed by atoms with Crippen LogP contribution in [0.15, 0.2) is 50.1 Å². The zero-order chi connectivity index (χ0) is 19.7. The molecule has 0 atom stereocenters. The smallest absolute Gasteiger partial charge is 0.271 e. The molecule has 0 spiro atoms. The van der Waals surface area contributed by atoms with Crippen LogP contribution in [-0.4, -0.2) is 49.1 Å². The molecule has 8 nitrogen and oxygen atoms in total. The lowest BCUT2D eigenvalue weighted by atomic mass is 10.2. The third kappa shape index (κ3) is 3.73. The molecular weight excluding hydrogens is 380 g/mol. The number of nitrogens with zero attached hydrogens (tertiary/aromatic N) is 3.